The van der Waals surface area contributed by atoms with Crippen molar-refractivity contribution in [3.63, 3.8) is 0 Å². The Bertz CT molecular complexity index is 528. The summed E-state index contributed by atoms with van der Waals surface area (Å²) in [6, 6.07) is 16.6. The van der Waals surface area contributed by atoms with Crippen molar-refractivity contribution < 1.29 is 0 Å². The third-order valence-electron chi connectivity index (χ3n) is 3.91. The summed E-state index contributed by atoms with van der Waals surface area (Å²) in [7, 11) is 11.7. The van der Waals surface area contributed by atoms with Gasteiger partial charge in [-0.2, -0.15) is 0 Å². The van der Waals surface area contributed by atoms with Crippen molar-refractivity contribution in [2.45, 2.75) is 25.7 Å². The molecule has 2 rings (SSSR count). The molecule has 2 aromatic carbocycles. The minimum atomic E-state index is 0.0100. The van der Waals surface area contributed by atoms with Crippen LogP contribution < -0.4 is 10.9 Å². The summed E-state index contributed by atoms with van der Waals surface area (Å²) in [6.45, 7) is 4.55. The smallest absolute Gasteiger partial charge is 0.0967 e. The maximum atomic E-state index is 5.85. The van der Waals surface area contributed by atoms with Crippen LogP contribution in [-0.2, 0) is 5.41 Å². The summed E-state index contributed by atoms with van der Waals surface area (Å²) in [4.78, 5) is 0. The maximum absolute atomic E-state index is 5.85. The van der Waals surface area contributed by atoms with Crippen LogP contribution >= 0.6 is 22.6 Å². The zero-order chi connectivity index (χ0) is 15.5. The van der Waals surface area contributed by atoms with Gasteiger partial charge in [-0.3, -0.25) is 0 Å². The van der Waals surface area contributed by atoms with Gasteiger partial charge in [0, 0.05) is 9.84 Å². The van der Waals surface area contributed by atoms with E-state index in [9.17, 15) is 0 Å². The van der Waals surface area contributed by atoms with Gasteiger partial charge in [-0.1, -0.05) is 95.9 Å². The molecule has 104 valence electrons. The highest BCUT2D eigenvalue weighted by atomic mass is 127. The van der Waals surface area contributed by atoms with E-state index in [2.05, 4.69) is 60.7 Å². The van der Waals surface area contributed by atoms with Crippen LogP contribution in [0.1, 0.15) is 31.4 Å². The molecule has 0 fully saturated rings. The van der Waals surface area contributed by atoms with E-state index in [4.69, 9.17) is 15.7 Å². The molecule has 0 atom stereocenters. The van der Waals surface area contributed by atoms with Crippen molar-refractivity contribution in [1.29, 1.82) is 0 Å². The van der Waals surface area contributed by atoms with Crippen LogP contribution in [0.4, 0.5) is 0 Å². The van der Waals surface area contributed by atoms with Gasteiger partial charge in [-0.25, -0.2) is 0 Å². The summed E-state index contributed by atoms with van der Waals surface area (Å²) in [5.74, 6) is 0.606. The molecule has 0 spiro atoms. The number of halogens is 1. The van der Waals surface area contributed by atoms with Crippen molar-refractivity contribution in [1.82, 2.24) is 0 Å². The Morgan fingerprint density at radius 1 is 0.857 bits per heavy atom. The van der Waals surface area contributed by atoms with Crippen molar-refractivity contribution >= 4 is 49.2 Å². The summed E-state index contributed by atoms with van der Waals surface area (Å²) in [5.41, 5.74) is 4.27. The summed E-state index contributed by atoms with van der Waals surface area (Å²) in [6.07, 6.45) is 1.10. The second-order valence-electron chi connectivity index (χ2n) is 6.06. The van der Waals surface area contributed by atoms with E-state index >= 15 is 0 Å². The van der Waals surface area contributed by atoms with Crippen molar-refractivity contribution in [3.8, 4) is 0 Å². The lowest BCUT2D eigenvalue weighted by Gasteiger charge is -2.35. The van der Waals surface area contributed by atoms with Crippen LogP contribution in [-0.4, -0.2) is 20.1 Å². The standard InChI is InChI=1S/C18H19B2I/c1-13(2)11-18(12-21,14-3-7-16(19)8-4-14)15-5-9-17(20)10-6-15/h3-10,13H,11-12H2,1-2H3. The largest absolute Gasteiger partial charge is 0.113 e. The molecule has 0 aliphatic heterocycles. The van der Waals surface area contributed by atoms with Gasteiger partial charge >= 0.3 is 0 Å². The molecule has 0 saturated carbocycles. The van der Waals surface area contributed by atoms with Crippen LogP contribution in [0, 0.1) is 5.92 Å². The van der Waals surface area contributed by atoms with Gasteiger partial charge in [-0.15, -0.1) is 0 Å². The first-order chi connectivity index (χ1) is 9.98. The zero-order valence-corrected chi connectivity index (χ0v) is 14.8. The molecule has 0 aliphatic rings. The molecule has 0 bridgehead atoms. The Kier molecular flexibility index (Phi) is 5.59. The minimum Gasteiger partial charge on any atom is -0.0967 e. The molecule has 0 N–H and O–H groups in total. The summed E-state index contributed by atoms with van der Waals surface area (Å²) >= 11 is 2.50. The average Bonchev–Trinajstić information content (AvgIpc) is 2.46. The molecule has 0 unspecified atom stereocenters. The molecule has 2 aromatic rings. The Hall–Kier alpha value is -0.700. The lowest BCUT2D eigenvalue weighted by molar-refractivity contribution is 0.438. The molecule has 21 heavy (non-hydrogen) atoms. The molecule has 3 heteroatoms. The van der Waals surface area contributed by atoms with Crippen LogP contribution in [0.5, 0.6) is 0 Å². The van der Waals surface area contributed by atoms with Gasteiger partial charge in [0.05, 0.1) is 0 Å². The first kappa shape index (κ1) is 16.7. The topological polar surface area (TPSA) is 0 Å². The average molecular weight is 384 g/mol. The van der Waals surface area contributed by atoms with Gasteiger partial charge in [0.2, 0.25) is 0 Å². The molecule has 0 saturated heterocycles. The van der Waals surface area contributed by atoms with Crippen LogP contribution in [0.3, 0.4) is 0 Å². The molecular formula is C18H19B2I. The number of hydrogen-bond acceptors (Lipinski definition) is 0. The highest BCUT2D eigenvalue weighted by molar-refractivity contribution is 14.1. The predicted molar refractivity (Wildman–Crippen MR) is 103 cm³/mol. The summed E-state index contributed by atoms with van der Waals surface area (Å²) < 4.78 is 1.02. The normalized spacial score (nSPS) is 11.8. The molecule has 0 heterocycles. The highest BCUT2D eigenvalue weighted by Crippen LogP contribution is 2.39. The molecule has 0 amide bonds. The van der Waals surface area contributed by atoms with Crippen molar-refractivity contribution in [2.24, 2.45) is 5.92 Å². The van der Waals surface area contributed by atoms with E-state index in [1.165, 1.54) is 11.1 Å². The molecule has 0 aliphatic carbocycles. The number of hydrogen-bond donors (Lipinski definition) is 0. The number of benzene rings is 2. The minimum absolute atomic E-state index is 0.0100. The fourth-order valence-corrected chi connectivity index (χ4v) is 4.10. The van der Waals surface area contributed by atoms with E-state index in [-0.39, 0.29) is 5.41 Å². The fourth-order valence-electron chi connectivity index (χ4n) is 2.91. The number of alkyl halides is 1. The Balaban J connectivity index is 2.56. The predicted octanol–water partition coefficient (Wildman–Crippen LogP) is 3.04. The van der Waals surface area contributed by atoms with Gasteiger partial charge in [0.1, 0.15) is 15.7 Å². The first-order valence-corrected chi connectivity index (χ1v) is 8.78. The number of rotatable bonds is 5. The monoisotopic (exact) mass is 384 g/mol. The Labute approximate surface area is 144 Å². The Morgan fingerprint density at radius 3 is 1.52 bits per heavy atom. The summed E-state index contributed by atoms with van der Waals surface area (Å²) in [5, 5.41) is 0. The van der Waals surface area contributed by atoms with E-state index in [1.807, 2.05) is 24.3 Å². The quantitative estimate of drug-likeness (QED) is 0.423. The SMILES string of the molecule is [B]c1ccc(C(CI)(CC(C)C)c2ccc([B])cc2)cc1. The molecule has 0 nitrogen and oxygen atoms in total. The van der Waals surface area contributed by atoms with Crippen LogP contribution in [0.15, 0.2) is 48.5 Å². The van der Waals surface area contributed by atoms with E-state index in [1.54, 1.807) is 0 Å². The molecular weight excluding hydrogens is 365 g/mol. The molecule has 0 aromatic heterocycles. The second kappa shape index (κ2) is 7.04. The second-order valence-corrected chi connectivity index (χ2v) is 6.82. The van der Waals surface area contributed by atoms with Gasteiger partial charge in [-0.05, 0) is 23.5 Å². The van der Waals surface area contributed by atoms with Gasteiger partial charge < -0.3 is 0 Å². The third kappa shape index (κ3) is 3.74. The molecule has 4 radical (unpaired) electrons. The highest BCUT2D eigenvalue weighted by Gasteiger charge is 2.33. The van der Waals surface area contributed by atoms with Crippen LogP contribution in [0.2, 0.25) is 0 Å². The first-order valence-electron chi connectivity index (χ1n) is 7.26. The Morgan fingerprint density at radius 2 is 1.24 bits per heavy atom. The van der Waals surface area contributed by atoms with E-state index in [0.717, 1.165) is 21.8 Å². The van der Waals surface area contributed by atoms with E-state index in [0.29, 0.717) is 5.92 Å². The lowest BCUT2D eigenvalue weighted by Crippen LogP contribution is -2.32. The lowest BCUT2D eigenvalue weighted by atomic mass is 9.70. The van der Waals surface area contributed by atoms with E-state index < -0.39 is 0 Å². The van der Waals surface area contributed by atoms with Crippen molar-refractivity contribution in [2.75, 3.05) is 4.43 Å². The van der Waals surface area contributed by atoms with Crippen molar-refractivity contribution in [3.05, 3.63) is 59.7 Å². The van der Waals surface area contributed by atoms with Gasteiger partial charge in [0.15, 0.2) is 0 Å². The maximum Gasteiger partial charge on any atom is 0.113 e. The van der Waals surface area contributed by atoms with Gasteiger partial charge in [0.25, 0.3) is 0 Å². The zero-order valence-electron chi connectivity index (χ0n) is 12.6. The third-order valence-corrected chi connectivity index (χ3v) is 5.21. The fraction of sp³-hybridized carbons (Fsp3) is 0.333. The van der Waals surface area contributed by atoms with Crippen LogP contribution in [0.25, 0.3) is 0 Å².